The molecule has 0 radical (unpaired) electrons. The molecule has 50 valence electrons. The molecule has 9 heavy (non-hydrogen) atoms. The van der Waals surface area contributed by atoms with Crippen LogP contribution in [0.4, 0.5) is 4.79 Å². The van der Waals surface area contributed by atoms with E-state index < -0.39 is 6.09 Å². The lowest BCUT2D eigenvalue weighted by molar-refractivity contribution is 0.205. The number of primary amides is 1. The van der Waals surface area contributed by atoms with Crippen molar-refractivity contribution in [2.24, 2.45) is 5.73 Å². The lowest BCUT2D eigenvalue weighted by Crippen LogP contribution is -2.03. The summed E-state index contributed by atoms with van der Waals surface area (Å²) in [7, 11) is 0. The Morgan fingerprint density at radius 2 is 1.78 bits per heavy atom. The molecule has 0 atom stereocenters. The Morgan fingerprint density at radius 1 is 1.44 bits per heavy atom. The highest BCUT2D eigenvalue weighted by Gasteiger charge is 1.65. The van der Waals surface area contributed by atoms with E-state index >= 15 is 0 Å². The van der Waals surface area contributed by atoms with Crippen LogP contribution in [0.25, 0.3) is 0 Å². The van der Waals surface area contributed by atoms with Crippen LogP contribution in [0.2, 0.25) is 0 Å². The lowest BCUT2D eigenvalue weighted by atomic mass is 10.7. The van der Waals surface area contributed by atoms with E-state index in [0.717, 1.165) is 0 Å². The Bertz CT molecular complexity index is 129. The zero-order valence-electron chi connectivity index (χ0n) is 4.65. The largest absolute Gasteiger partial charge is 0.465 e. The van der Waals surface area contributed by atoms with Crippen LogP contribution in [-0.2, 0) is 0 Å². The van der Waals surface area contributed by atoms with Crippen molar-refractivity contribution in [3.8, 4) is 0 Å². The van der Waals surface area contributed by atoms with Crippen molar-refractivity contribution >= 4 is 17.4 Å². The quantitative estimate of drug-likeness (QED) is 0.579. The second kappa shape index (κ2) is 5.11. The van der Waals surface area contributed by atoms with Crippen LogP contribution in [0.5, 0.6) is 0 Å². The number of nitrogens with two attached hydrogens (primary N) is 1. The summed E-state index contributed by atoms with van der Waals surface area (Å²) >= 11 is 1.71. The van der Waals surface area contributed by atoms with Gasteiger partial charge in [-0.3, -0.25) is 0 Å². The Hall–Kier alpha value is -1.03. The van der Waals surface area contributed by atoms with Crippen LogP contribution in [0.3, 0.4) is 0 Å². The maximum absolute atomic E-state index is 8.78. The highest BCUT2D eigenvalue weighted by Crippen LogP contribution is 1.91. The minimum absolute atomic E-state index is 1.33. The van der Waals surface area contributed by atoms with E-state index in [9.17, 15) is 0 Å². The molecule has 0 saturated carbocycles. The molecule has 1 amide bonds. The van der Waals surface area contributed by atoms with Crippen molar-refractivity contribution in [2.45, 2.75) is 0 Å². The van der Waals surface area contributed by atoms with Crippen molar-refractivity contribution in [1.82, 2.24) is 0 Å². The SMILES string of the molecule is NC(=O)O.c1ccsc1. The summed E-state index contributed by atoms with van der Waals surface area (Å²) < 4.78 is 0. The first-order valence-corrected chi connectivity index (χ1v) is 3.13. The summed E-state index contributed by atoms with van der Waals surface area (Å²) in [5, 5.41) is 11.3. The lowest BCUT2D eigenvalue weighted by Gasteiger charge is -1.61. The summed E-state index contributed by atoms with van der Waals surface area (Å²) in [5.41, 5.74) is 4.03. The van der Waals surface area contributed by atoms with Crippen molar-refractivity contribution in [3.63, 3.8) is 0 Å². The van der Waals surface area contributed by atoms with Crippen molar-refractivity contribution in [1.29, 1.82) is 0 Å². The molecule has 1 aromatic heterocycles. The Kier molecular flexibility index (Phi) is 4.53. The maximum Gasteiger partial charge on any atom is 0.402 e. The van der Waals surface area contributed by atoms with Gasteiger partial charge in [0.25, 0.3) is 0 Å². The summed E-state index contributed by atoms with van der Waals surface area (Å²) in [6, 6.07) is 4.04. The standard InChI is InChI=1S/C4H4S.CH3NO2/c1-2-4-5-3-1;2-1(3)4/h1-4H;2H2,(H,3,4). The van der Waals surface area contributed by atoms with Gasteiger partial charge in [0, 0.05) is 0 Å². The first kappa shape index (κ1) is 7.97. The fourth-order valence-corrected chi connectivity index (χ4v) is 0.680. The van der Waals surface area contributed by atoms with Gasteiger partial charge in [-0.25, -0.2) is 4.79 Å². The third-order valence-electron chi connectivity index (χ3n) is 0.425. The van der Waals surface area contributed by atoms with Gasteiger partial charge in [0.05, 0.1) is 0 Å². The Morgan fingerprint density at radius 3 is 1.89 bits per heavy atom. The van der Waals surface area contributed by atoms with E-state index in [4.69, 9.17) is 9.90 Å². The monoisotopic (exact) mass is 145 g/mol. The van der Waals surface area contributed by atoms with Crippen LogP contribution >= 0.6 is 11.3 Å². The molecule has 3 N–H and O–H groups in total. The predicted octanol–water partition coefficient (Wildman–Crippen LogP) is 1.37. The molecule has 0 unspecified atom stereocenters. The smallest absolute Gasteiger partial charge is 0.402 e. The summed E-state index contributed by atoms with van der Waals surface area (Å²) in [6.07, 6.45) is -1.33. The molecule has 1 rings (SSSR count). The molecule has 3 nitrogen and oxygen atoms in total. The molecule has 0 aliphatic rings. The van der Waals surface area contributed by atoms with Gasteiger partial charge in [-0.2, -0.15) is 11.3 Å². The van der Waals surface area contributed by atoms with E-state index in [1.165, 1.54) is 0 Å². The molecule has 0 spiro atoms. The van der Waals surface area contributed by atoms with Gasteiger partial charge >= 0.3 is 6.09 Å². The van der Waals surface area contributed by atoms with Gasteiger partial charge in [-0.1, -0.05) is 12.1 Å². The predicted molar refractivity (Wildman–Crippen MR) is 36.5 cm³/mol. The zero-order chi connectivity index (χ0) is 7.11. The fourth-order valence-electron chi connectivity index (χ4n) is 0.227. The third kappa shape index (κ3) is 10.9. The highest BCUT2D eigenvalue weighted by molar-refractivity contribution is 7.07. The van der Waals surface area contributed by atoms with Gasteiger partial charge in [-0.05, 0) is 10.8 Å². The molecule has 1 aromatic rings. The molecule has 0 saturated heterocycles. The molecule has 1 heterocycles. The average molecular weight is 145 g/mol. The van der Waals surface area contributed by atoms with Gasteiger partial charge in [0.1, 0.15) is 0 Å². The molecule has 0 fully saturated rings. The zero-order valence-corrected chi connectivity index (χ0v) is 5.47. The minimum Gasteiger partial charge on any atom is -0.465 e. The van der Waals surface area contributed by atoms with Gasteiger partial charge in [0.15, 0.2) is 0 Å². The van der Waals surface area contributed by atoms with Crippen molar-refractivity contribution in [3.05, 3.63) is 22.9 Å². The van der Waals surface area contributed by atoms with Gasteiger partial charge in [0.2, 0.25) is 0 Å². The van der Waals surface area contributed by atoms with Crippen LogP contribution in [0, 0.1) is 0 Å². The molecular weight excluding hydrogens is 138 g/mol. The van der Waals surface area contributed by atoms with E-state index in [-0.39, 0.29) is 0 Å². The summed E-state index contributed by atoms with van der Waals surface area (Å²) in [4.78, 5) is 8.78. The number of rotatable bonds is 0. The molecule has 0 aliphatic heterocycles. The van der Waals surface area contributed by atoms with Crippen molar-refractivity contribution in [2.75, 3.05) is 0 Å². The highest BCUT2D eigenvalue weighted by atomic mass is 32.1. The first-order valence-electron chi connectivity index (χ1n) is 2.19. The molecule has 0 bridgehead atoms. The van der Waals surface area contributed by atoms with Crippen molar-refractivity contribution < 1.29 is 9.90 Å². The second-order valence-corrected chi connectivity index (χ2v) is 1.95. The number of carboxylic acid groups (broad SMARTS) is 1. The molecule has 4 heteroatoms. The maximum atomic E-state index is 8.78. The Balaban J connectivity index is 0.000000148. The number of thiophene rings is 1. The van der Waals surface area contributed by atoms with Gasteiger partial charge < -0.3 is 10.8 Å². The van der Waals surface area contributed by atoms with Crippen LogP contribution in [0.15, 0.2) is 22.9 Å². The number of hydrogen-bond acceptors (Lipinski definition) is 2. The fraction of sp³-hybridized carbons (Fsp3) is 0. The topological polar surface area (TPSA) is 63.3 Å². The number of amides is 1. The molecule has 0 aliphatic carbocycles. The normalized spacial score (nSPS) is 7.11. The van der Waals surface area contributed by atoms with Crippen LogP contribution < -0.4 is 5.73 Å². The van der Waals surface area contributed by atoms with E-state index in [1.807, 2.05) is 22.9 Å². The summed E-state index contributed by atoms with van der Waals surface area (Å²) in [6.45, 7) is 0. The molecule has 0 aromatic carbocycles. The number of carbonyl (C=O) groups is 1. The minimum atomic E-state index is -1.33. The molecular formula is C5H7NO2S. The second-order valence-electron chi connectivity index (χ2n) is 1.13. The van der Waals surface area contributed by atoms with Crippen LogP contribution in [0.1, 0.15) is 0 Å². The summed E-state index contributed by atoms with van der Waals surface area (Å²) in [5.74, 6) is 0. The number of hydrogen-bond donors (Lipinski definition) is 2. The van der Waals surface area contributed by atoms with E-state index in [0.29, 0.717) is 0 Å². The third-order valence-corrected chi connectivity index (χ3v) is 1.05. The van der Waals surface area contributed by atoms with E-state index in [1.54, 1.807) is 11.3 Å². The van der Waals surface area contributed by atoms with Gasteiger partial charge in [-0.15, -0.1) is 0 Å². The first-order chi connectivity index (χ1) is 4.23. The van der Waals surface area contributed by atoms with Crippen LogP contribution in [-0.4, -0.2) is 11.2 Å². The average Bonchev–Trinajstić information content (AvgIpc) is 2.11. The van der Waals surface area contributed by atoms with E-state index in [2.05, 4.69) is 5.73 Å². The Labute approximate surface area is 56.7 Å².